The molecule has 3 N–H and O–H groups in total. The lowest BCUT2D eigenvalue weighted by Crippen LogP contribution is -2.37. The molecule has 4 rings (SSSR count). The number of morpholine rings is 1. The highest BCUT2D eigenvalue weighted by Crippen LogP contribution is 2.33. The van der Waals surface area contributed by atoms with Crippen LogP contribution < -0.4 is 15.5 Å². The van der Waals surface area contributed by atoms with Gasteiger partial charge < -0.3 is 30.3 Å². The highest BCUT2D eigenvalue weighted by atomic mass is 19.4. The number of urea groups is 1. The van der Waals surface area contributed by atoms with Gasteiger partial charge in [-0.3, -0.25) is 0 Å². The number of anilines is 3. The number of likely N-dealkylation sites (tertiary alicyclic amines) is 1. The predicted octanol–water partition coefficient (Wildman–Crippen LogP) is 4.88. The molecule has 2 aliphatic heterocycles. The van der Waals surface area contributed by atoms with E-state index in [0.717, 1.165) is 28.9 Å². The van der Waals surface area contributed by atoms with Gasteiger partial charge in [0.2, 0.25) is 0 Å². The molecule has 11 heteroatoms. The number of alkyl halides is 3. The Balaban J connectivity index is 1.56. The SMILES string of the molecule is CCC(CO)Nc1cc(-c2cc(NC(=O)N3CC[C@@H](CC(F)(F)F)C3)ccc2C)cc(N2CCOCC2)n1. The number of benzene rings is 1. The molecule has 0 bridgehead atoms. The number of hydrogen-bond acceptors (Lipinski definition) is 6. The van der Waals surface area contributed by atoms with E-state index < -0.39 is 24.5 Å². The lowest BCUT2D eigenvalue weighted by molar-refractivity contribution is -0.143. The molecule has 2 atom stereocenters. The average Bonchev–Trinajstić information content (AvgIpc) is 3.35. The second-order valence-corrected chi connectivity index (χ2v) is 10.0. The Labute approximate surface area is 221 Å². The number of halogens is 3. The summed E-state index contributed by atoms with van der Waals surface area (Å²) in [5.41, 5.74) is 3.36. The van der Waals surface area contributed by atoms with Gasteiger partial charge in [-0.05, 0) is 66.6 Å². The predicted molar refractivity (Wildman–Crippen MR) is 142 cm³/mol. The number of ether oxygens (including phenoxy) is 1. The van der Waals surface area contributed by atoms with Gasteiger partial charge in [0.05, 0.1) is 25.9 Å². The van der Waals surface area contributed by atoms with E-state index in [9.17, 15) is 23.1 Å². The minimum Gasteiger partial charge on any atom is -0.394 e. The molecular formula is C27H36F3N5O3. The molecule has 0 spiro atoms. The van der Waals surface area contributed by atoms with Gasteiger partial charge in [0.25, 0.3) is 0 Å². The van der Waals surface area contributed by atoms with E-state index in [1.807, 2.05) is 38.1 Å². The van der Waals surface area contributed by atoms with Crippen LogP contribution in [0.4, 0.5) is 35.3 Å². The molecule has 8 nitrogen and oxygen atoms in total. The van der Waals surface area contributed by atoms with Crippen molar-refractivity contribution in [3.05, 3.63) is 35.9 Å². The number of nitrogens with one attached hydrogen (secondary N) is 2. The first-order chi connectivity index (χ1) is 18.1. The fourth-order valence-electron chi connectivity index (χ4n) is 4.91. The largest absolute Gasteiger partial charge is 0.394 e. The zero-order valence-electron chi connectivity index (χ0n) is 21.9. The average molecular weight is 536 g/mol. The molecule has 1 aromatic heterocycles. The summed E-state index contributed by atoms with van der Waals surface area (Å²) in [6, 6.07) is 8.98. The molecule has 2 aromatic rings. The van der Waals surface area contributed by atoms with E-state index in [0.29, 0.717) is 50.8 Å². The van der Waals surface area contributed by atoms with E-state index in [-0.39, 0.29) is 19.2 Å². The molecule has 2 aliphatic rings. The third kappa shape index (κ3) is 7.28. The Morgan fingerprint density at radius 1 is 1.21 bits per heavy atom. The topological polar surface area (TPSA) is 90.0 Å². The molecule has 1 unspecified atom stereocenters. The molecule has 208 valence electrons. The molecular weight excluding hydrogens is 499 g/mol. The van der Waals surface area contributed by atoms with E-state index in [1.54, 1.807) is 6.07 Å². The number of rotatable bonds is 8. The fraction of sp³-hybridized carbons (Fsp3) is 0.556. The van der Waals surface area contributed by atoms with Gasteiger partial charge in [-0.15, -0.1) is 0 Å². The van der Waals surface area contributed by atoms with E-state index >= 15 is 0 Å². The smallest absolute Gasteiger partial charge is 0.389 e. The van der Waals surface area contributed by atoms with Crippen LogP contribution >= 0.6 is 0 Å². The maximum absolute atomic E-state index is 12.8. The molecule has 2 amide bonds. The third-order valence-corrected chi connectivity index (χ3v) is 7.11. The molecule has 2 fully saturated rings. The number of nitrogens with zero attached hydrogens (tertiary/aromatic N) is 3. The maximum Gasteiger partial charge on any atom is 0.389 e. The van der Waals surface area contributed by atoms with Crippen molar-refractivity contribution < 1.29 is 27.8 Å². The minimum absolute atomic E-state index is 0.0177. The summed E-state index contributed by atoms with van der Waals surface area (Å²) >= 11 is 0. The number of aryl methyl sites for hydroxylation is 1. The van der Waals surface area contributed by atoms with Crippen LogP contribution in [0.1, 0.15) is 31.7 Å². The number of amides is 2. The van der Waals surface area contributed by atoms with Crippen LogP contribution in [-0.2, 0) is 4.74 Å². The molecule has 0 aliphatic carbocycles. The van der Waals surface area contributed by atoms with Crippen LogP contribution in [0, 0.1) is 12.8 Å². The maximum atomic E-state index is 12.8. The quantitative estimate of drug-likeness (QED) is 0.446. The molecule has 38 heavy (non-hydrogen) atoms. The summed E-state index contributed by atoms with van der Waals surface area (Å²) in [7, 11) is 0. The zero-order chi connectivity index (χ0) is 27.3. The van der Waals surface area contributed by atoms with Crippen molar-refractivity contribution >= 4 is 23.4 Å². The van der Waals surface area contributed by atoms with Crippen molar-refractivity contribution in [2.75, 3.05) is 61.5 Å². The summed E-state index contributed by atoms with van der Waals surface area (Å²) < 4.78 is 43.8. The van der Waals surface area contributed by atoms with Gasteiger partial charge in [-0.1, -0.05) is 13.0 Å². The van der Waals surface area contributed by atoms with Crippen molar-refractivity contribution in [3.63, 3.8) is 0 Å². The summed E-state index contributed by atoms with van der Waals surface area (Å²) in [6.45, 7) is 7.01. The van der Waals surface area contributed by atoms with E-state index in [4.69, 9.17) is 9.72 Å². The summed E-state index contributed by atoms with van der Waals surface area (Å²) in [6.07, 6.45) is -4.02. The zero-order valence-corrected chi connectivity index (χ0v) is 21.9. The number of carbonyl (C=O) groups is 1. The van der Waals surface area contributed by atoms with E-state index in [2.05, 4.69) is 15.5 Å². The number of aromatic nitrogens is 1. The van der Waals surface area contributed by atoms with Crippen molar-refractivity contribution in [3.8, 4) is 11.1 Å². The standard InChI is InChI=1S/C27H36F3N5O3/c1-3-21(17-36)31-24-12-20(13-25(33-24)34-8-10-38-11-9-34)23-14-22(5-4-18(23)2)32-26(37)35-7-6-19(16-35)15-27(28,29)30/h4-5,12-14,19,21,36H,3,6-11,15-17H2,1-2H3,(H,31,33)(H,32,37)/t19-,21?/m0/s1. The Bertz CT molecular complexity index is 1100. The number of hydrogen-bond donors (Lipinski definition) is 3. The van der Waals surface area contributed by atoms with Crippen LogP contribution in [0.2, 0.25) is 0 Å². The lowest BCUT2D eigenvalue weighted by atomic mass is 10.00. The number of aliphatic hydroxyl groups is 1. The van der Waals surface area contributed by atoms with Gasteiger partial charge in [-0.2, -0.15) is 13.2 Å². The van der Waals surface area contributed by atoms with Crippen LogP contribution in [0.5, 0.6) is 0 Å². The highest BCUT2D eigenvalue weighted by molar-refractivity contribution is 5.91. The van der Waals surface area contributed by atoms with Gasteiger partial charge in [0.15, 0.2) is 0 Å². The van der Waals surface area contributed by atoms with Gasteiger partial charge >= 0.3 is 12.2 Å². The van der Waals surface area contributed by atoms with Crippen LogP contribution in [-0.4, -0.2) is 79.2 Å². The molecule has 0 radical (unpaired) electrons. The van der Waals surface area contributed by atoms with Crippen LogP contribution in [0.15, 0.2) is 30.3 Å². The summed E-state index contributed by atoms with van der Waals surface area (Å²) in [5, 5.41) is 15.9. The molecule has 3 heterocycles. The second-order valence-electron chi connectivity index (χ2n) is 10.0. The van der Waals surface area contributed by atoms with E-state index in [1.165, 1.54) is 4.90 Å². The minimum atomic E-state index is -4.23. The van der Waals surface area contributed by atoms with Crippen molar-refractivity contribution in [2.45, 2.75) is 45.3 Å². The Kier molecular flexibility index (Phi) is 8.99. The van der Waals surface area contributed by atoms with Gasteiger partial charge in [0.1, 0.15) is 11.6 Å². The first-order valence-electron chi connectivity index (χ1n) is 13.1. The normalized spacial score (nSPS) is 18.9. The number of pyridine rings is 1. The van der Waals surface area contributed by atoms with Gasteiger partial charge in [0, 0.05) is 38.3 Å². The van der Waals surface area contributed by atoms with Crippen molar-refractivity contribution in [2.24, 2.45) is 5.92 Å². The Hall–Kier alpha value is -3.05. The molecule has 0 saturated carbocycles. The van der Waals surface area contributed by atoms with Crippen LogP contribution in [0.25, 0.3) is 11.1 Å². The number of aliphatic hydroxyl groups excluding tert-OH is 1. The third-order valence-electron chi connectivity index (χ3n) is 7.11. The Morgan fingerprint density at radius 2 is 1.97 bits per heavy atom. The summed E-state index contributed by atoms with van der Waals surface area (Å²) in [4.78, 5) is 21.2. The van der Waals surface area contributed by atoms with Crippen molar-refractivity contribution in [1.29, 1.82) is 0 Å². The first kappa shape index (κ1) is 28.0. The molecule has 2 saturated heterocycles. The Morgan fingerprint density at radius 3 is 2.66 bits per heavy atom. The van der Waals surface area contributed by atoms with Crippen LogP contribution in [0.3, 0.4) is 0 Å². The fourth-order valence-corrected chi connectivity index (χ4v) is 4.91. The lowest BCUT2D eigenvalue weighted by Gasteiger charge is -2.29. The van der Waals surface area contributed by atoms with Crippen molar-refractivity contribution in [1.82, 2.24) is 9.88 Å². The summed E-state index contributed by atoms with van der Waals surface area (Å²) in [5.74, 6) is 0.871. The number of carbonyl (C=O) groups excluding carboxylic acids is 1. The van der Waals surface area contributed by atoms with Gasteiger partial charge in [-0.25, -0.2) is 9.78 Å². The molecule has 1 aromatic carbocycles. The first-order valence-corrected chi connectivity index (χ1v) is 13.1. The second kappa shape index (κ2) is 12.2. The monoisotopic (exact) mass is 535 g/mol. The highest BCUT2D eigenvalue weighted by Gasteiger charge is 2.36.